The van der Waals surface area contributed by atoms with Crippen LogP contribution in [0.4, 0.5) is 0 Å². The molecule has 2 atom stereocenters. The van der Waals surface area contributed by atoms with Crippen LogP contribution in [0.1, 0.15) is 27.1 Å². The van der Waals surface area contributed by atoms with Crippen LogP contribution in [0.15, 0.2) is 24.3 Å². The van der Waals surface area contributed by atoms with Crippen molar-refractivity contribution in [1.82, 2.24) is 0 Å². The minimum absolute atomic E-state index is 0.0352. The van der Waals surface area contributed by atoms with E-state index in [4.69, 9.17) is 15.9 Å². The molecule has 0 aliphatic heterocycles. The summed E-state index contributed by atoms with van der Waals surface area (Å²) in [5.74, 6) is -4.49. The van der Waals surface area contributed by atoms with Crippen molar-refractivity contribution in [2.45, 2.75) is 12.5 Å². The van der Waals surface area contributed by atoms with E-state index < -0.39 is 35.7 Å². The van der Waals surface area contributed by atoms with Crippen LogP contribution in [0.3, 0.4) is 0 Å². The first-order valence-electron chi connectivity index (χ1n) is 7.04. The molecule has 0 aliphatic rings. The monoisotopic (exact) mass is 387 g/mol. The second-order valence-corrected chi connectivity index (χ2v) is 7.61. The van der Waals surface area contributed by atoms with Crippen LogP contribution in [0.2, 0.25) is 0 Å². The molecule has 0 saturated carbocycles. The number of carbonyl (C=O) groups is 4. The summed E-state index contributed by atoms with van der Waals surface area (Å²) in [5, 5.41) is 26.7. The van der Waals surface area contributed by atoms with Crippen LogP contribution < -0.4 is 5.73 Å². The lowest BCUT2D eigenvalue weighted by Crippen LogP contribution is -2.32. The number of rotatable bonds is 11. The summed E-state index contributed by atoms with van der Waals surface area (Å²) >= 11 is 0. The van der Waals surface area contributed by atoms with Gasteiger partial charge < -0.3 is 21.1 Å². The van der Waals surface area contributed by atoms with E-state index in [1.165, 1.54) is 24.3 Å². The number of benzene rings is 1. The number of ketones is 1. The Morgan fingerprint density at radius 2 is 1.40 bits per heavy atom. The fraction of sp³-hybridized carbons (Fsp3) is 0.333. The zero-order valence-electron chi connectivity index (χ0n) is 13.0. The second kappa shape index (κ2) is 10.1. The van der Waals surface area contributed by atoms with Crippen LogP contribution in [0.5, 0.6) is 0 Å². The van der Waals surface area contributed by atoms with Gasteiger partial charge in [0.25, 0.3) is 0 Å². The van der Waals surface area contributed by atoms with Crippen molar-refractivity contribution < 1.29 is 34.5 Å². The van der Waals surface area contributed by atoms with E-state index in [-0.39, 0.29) is 29.1 Å². The van der Waals surface area contributed by atoms with Gasteiger partial charge in [-0.1, -0.05) is 33.7 Å². The maximum Gasteiger partial charge on any atom is 0.335 e. The summed E-state index contributed by atoms with van der Waals surface area (Å²) in [7, 11) is 2.28. The first-order chi connectivity index (χ1) is 11.7. The van der Waals surface area contributed by atoms with Crippen LogP contribution >= 0.6 is 21.6 Å². The van der Waals surface area contributed by atoms with Crippen LogP contribution in [-0.2, 0) is 9.59 Å². The van der Waals surface area contributed by atoms with E-state index in [1.54, 1.807) is 0 Å². The van der Waals surface area contributed by atoms with Gasteiger partial charge >= 0.3 is 17.9 Å². The number of carboxylic acid groups (broad SMARTS) is 3. The van der Waals surface area contributed by atoms with Gasteiger partial charge in [-0.25, -0.2) is 4.79 Å². The Hall–Kier alpha value is -2.04. The highest BCUT2D eigenvalue weighted by Gasteiger charge is 2.23. The van der Waals surface area contributed by atoms with E-state index in [0.29, 0.717) is 0 Å². The zero-order chi connectivity index (χ0) is 19.0. The fourth-order valence-electron chi connectivity index (χ4n) is 1.68. The maximum absolute atomic E-state index is 12.1. The normalized spacial score (nSPS) is 13.0. The third kappa shape index (κ3) is 7.16. The van der Waals surface area contributed by atoms with Crippen molar-refractivity contribution in [3.05, 3.63) is 35.4 Å². The molecule has 0 heterocycles. The molecule has 25 heavy (non-hydrogen) atoms. The molecule has 0 saturated heterocycles. The number of carbonyl (C=O) groups excluding carboxylic acids is 1. The van der Waals surface area contributed by atoms with Crippen molar-refractivity contribution in [2.24, 2.45) is 11.7 Å². The van der Waals surface area contributed by atoms with Crippen molar-refractivity contribution in [3.8, 4) is 0 Å². The molecule has 8 nitrogen and oxygen atoms in total. The molecule has 0 aliphatic carbocycles. The lowest BCUT2D eigenvalue weighted by atomic mass is 9.99. The van der Waals surface area contributed by atoms with Crippen LogP contribution in [0, 0.1) is 5.92 Å². The molecule has 5 N–H and O–H groups in total. The quantitative estimate of drug-likeness (QED) is 0.249. The smallest absolute Gasteiger partial charge is 0.335 e. The lowest BCUT2D eigenvalue weighted by Gasteiger charge is -2.12. The van der Waals surface area contributed by atoms with Crippen molar-refractivity contribution in [2.75, 3.05) is 11.5 Å². The summed E-state index contributed by atoms with van der Waals surface area (Å²) in [6, 6.07) is 4.22. The predicted molar refractivity (Wildman–Crippen MR) is 94.0 cm³/mol. The number of carboxylic acids is 3. The Bertz CT molecular complexity index is 648. The highest BCUT2D eigenvalue weighted by molar-refractivity contribution is 8.76. The highest BCUT2D eigenvalue weighted by Crippen LogP contribution is 2.26. The van der Waals surface area contributed by atoms with Gasteiger partial charge in [0.05, 0.1) is 11.5 Å². The topological polar surface area (TPSA) is 155 Å². The van der Waals surface area contributed by atoms with E-state index >= 15 is 0 Å². The average molecular weight is 387 g/mol. The summed E-state index contributed by atoms with van der Waals surface area (Å²) in [6.45, 7) is 0. The Kier molecular flexibility index (Phi) is 8.46. The summed E-state index contributed by atoms with van der Waals surface area (Å²) < 4.78 is 0. The molecular weight excluding hydrogens is 370 g/mol. The standard InChI is InChI=1S/C15H17NO7S2/c16-11(15(22)23)7-25-24-6-10(14(20)21)5-12(17)8-1-3-9(4-2-8)13(18)19/h1-4,10-11H,5-7,16H2,(H,18,19)(H,20,21)(H,22,23). The Labute approximate surface area is 151 Å². The number of hydrogen-bond donors (Lipinski definition) is 4. The first kappa shape index (κ1) is 21.0. The molecular formula is C15H17NO7S2. The van der Waals surface area contributed by atoms with Crippen LogP contribution in [0.25, 0.3) is 0 Å². The van der Waals surface area contributed by atoms with Gasteiger partial charge in [-0.05, 0) is 12.1 Å². The molecule has 1 aromatic carbocycles. The molecule has 0 spiro atoms. The Morgan fingerprint density at radius 3 is 1.88 bits per heavy atom. The molecule has 0 amide bonds. The van der Waals surface area contributed by atoms with E-state index in [0.717, 1.165) is 21.6 Å². The zero-order valence-corrected chi connectivity index (χ0v) is 14.6. The molecule has 1 rings (SSSR count). The van der Waals surface area contributed by atoms with Crippen LogP contribution in [-0.4, -0.2) is 56.6 Å². The number of aromatic carboxylic acids is 1. The molecule has 136 valence electrons. The maximum atomic E-state index is 12.1. The highest BCUT2D eigenvalue weighted by atomic mass is 33.1. The van der Waals surface area contributed by atoms with Crippen molar-refractivity contribution in [3.63, 3.8) is 0 Å². The molecule has 2 unspecified atom stereocenters. The number of hydrogen-bond acceptors (Lipinski definition) is 7. The van der Waals surface area contributed by atoms with E-state index in [2.05, 4.69) is 0 Å². The van der Waals surface area contributed by atoms with Gasteiger partial charge in [-0.3, -0.25) is 14.4 Å². The minimum Gasteiger partial charge on any atom is -0.481 e. The molecule has 0 fully saturated rings. The first-order valence-corrected chi connectivity index (χ1v) is 9.53. The van der Waals surface area contributed by atoms with Gasteiger partial charge in [0, 0.05) is 23.5 Å². The van der Waals surface area contributed by atoms with Gasteiger partial charge in [-0.15, -0.1) is 0 Å². The van der Waals surface area contributed by atoms with Gasteiger partial charge in [0.2, 0.25) is 0 Å². The molecule has 1 aromatic rings. The van der Waals surface area contributed by atoms with E-state index in [9.17, 15) is 24.3 Å². The fourth-order valence-corrected chi connectivity index (χ4v) is 4.10. The van der Waals surface area contributed by atoms with Crippen molar-refractivity contribution in [1.29, 1.82) is 0 Å². The third-order valence-corrected chi connectivity index (χ3v) is 5.67. The number of nitrogens with two attached hydrogens (primary N) is 1. The summed E-state index contributed by atoms with van der Waals surface area (Å²) in [5.41, 5.74) is 5.61. The third-order valence-electron chi connectivity index (χ3n) is 3.15. The van der Waals surface area contributed by atoms with E-state index in [1.807, 2.05) is 0 Å². The molecule has 10 heteroatoms. The molecule has 0 aromatic heterocycles. The van der Waals surface area contributed by atoms with Gasteiger partial charge in [0.15, 0.2) is 5.78 Å². The van der Waals surface area contributed by atoms with Crippen molar-refractivity contribution >= 4 is 45.3 Å². The molecule has 0 bridgehead atoms. The SMILES string of the molecule is NC(CSSCC(CC(=O)c1ccc(C(=O)O)cc1)C(=O)O)C(=O)O. The largest absolute Gasteiger partial charge is 0.481 e. The summed E-state index contributed by atoms with van der Waals surface area (Å²) in [4.78, 5) is 44.8. The Morgan fingerprint density at radius 1 is 0.880 bits per heavy atom. The minimum atomic E-state index is -1.14. The summed E-state index contributed by atoms with van der Waals surface area (Å²) in [6.07, 6.45) is -0.236. The second-order valence-electron chi connectivity index (χ2n) is 5.06. The predicted octanol–water partition coefficient (Wildman–Crippen LogP) is 1.45. The Balaban J connectivity index is 2.56. The lowest BCUT2D eigenvalue weighted by molar-refractivity contribution is -0.141. The van der Waals surface area contributed by atoms with Gasteiger partial charge in [-0.2, -0.15) is 0 Å². The molecule has 0 radical (unpaired) electrons. The number of Topliss-reactive ketones (excluding diaryl/α,β-unsaturated/α-hetero) is 1. The van der Waals surface area contributed by atoms with Gasteiger partial charge in [0.1, 0.15) is 6.04 Å². The number of aliphatic carboxylic acids is 2. The average Bonchev–Trinajstić information content (AvgIpc) is 2.56.